The predicted octanol–water partition coefficient (Wildman–Crippen LogP) is 2.58. The Bertz CT molecular complexity index is 491. The summed E-state index contributed by atoms with van der Waals surface area (Å²) in [6.45, 7) is 3.44. The molecule has 0 fully saturated rings. The van der Waals surface area contributed by atoms with Crippen LogP contribution in [0.25, 0.3) is 11.1 Å². The van der Waals surface area contributed by atoms with Gasteiger partial charge in [-0.1, -0.05) is 28.1 Å². The highest BCUT2D eigenvalue weighted by atomic mass is 79.9. The quantitative estimate of drug-likeness (QED) is 0.939. The molecule has 0 saturated carbocycles. The molecule has 3 nitrogen and oxygen atoms in total. The highest BCUT2D eigenvalue weighted by molar-refractivity contribution is 9.10. The number of hydrogen-bond acceptors (Lipinski definition) is 2. The Balaban J connectivity index is 2.31. The fourth-order valence-corrected chi connectivity index (χ4v) is 1.92. The lowest BCUT2D eigenvalue weighted by atomic mass is 10.1. The average molecular weight is 280 g/mol. The number of aromatic nitrogens is 2. The smallest absolute Gasteiger partial charge is 0.0568 e. The van der Waals surface area contributed by atoms with Crippen LogP contribution in [-0.2, 0) is 6.54 Å². The Hall–Kier alpha value is -1.13. The van der Waals surface area contributed by atoms with E-state index in [1.165, 1.54) is 11.1 Å². The second-order valence-electron chi connectivity index (χ2n) is 3.74. The van der Waals surface area contributed by atoms with Crippen LogP contribution in [0.4, 0.5) is 0 Å². The molecule has 0 bridgehead atoms. The van der Waals surface area contributed by atoms with E-state index in [0.29, 0.717) is 6.54 Å². The van der Waals surface area contributed by atoms with Crippen LogP contribution in [-0.4, -0.2) is 16.3 Å². The van der Waals surface area contributed by atoms with Crippen LogP contribution in [0.15, 0.2) is 35.1 Å². The van der Waals surface area contributed by atoms with Crippen molar-refractivity contribution < 1.29 is 0 Å². The number of benzene rings is 1. The third-order valence-electron chi connectivity index (χ3n) is 2.50. The Morgan fingerprint density at radius 1 is 1.38 bits per heavy atom. The molecular weight excluding hydrogens is 266 g/mol. The van der Waals surface area contributed by atoms with E-state index in [0.717, 1.165) is 16.6 Å². The van der Waals surface area contributed by atoms with Gasteiger partial charge in [0.2, 0.25) is 0 Å². The maximum absolute atomic E-state index is 5.48. The van der Waals surface area contributed by atoms with Crippen LogP contribution < -0.4 is 5.73 Å². The molecule has 2 N–H and O–H groups in total. The van der Waals surface area contributed by atoms with Crippen molar-refractivity contribution in [3.8, 4) is 11.1 Å². The second-order valence-corrected chi connectivity index (χ2v) is 4.60. The van der Waals surface area contributed by atoms with Crippen LogP contribution in [0.3, 0.4) is 0 Å². The minimum atomic E-state index is 0.610. The first kappa shape index (κ1) is 11.4. The van der Waals surface area contributed by atoms with Crippen LogP contribution >= 0.6 is 15.9 Å². The number of halogens is 1. The van der Waals surface area contributed by atoms with Gasteiger partial charge in [-0.05, 0) is 24.1 Å². The minimum absolute atomic E-state index is 0.610. The number of hydrogen-bond donors (Lipinski definition) is 1. The molecule has 0 unspecified atom stereocenters. The average Bonchev–Trinajstić information content (AvgIpc) is 2.71. The summed E-state index contributed by atoms with van der Waals surface area (Å²) in [6, 6.07) is 6.31. The van der Waals surface area contributed by atoms with Gasteiger partial charge in [-0.3, -0.25) is 4.68 Å². The summed E-state index contributed by atoms with van der Waals surface area (Å²) in [4.78, 5) is 0. The van der Waals surface area contributed by atoms with Crippen LogP contribution in [0.5, 0.6) is 0 Å². The molecule has 0 atom stereocenters. The summed E-state index contributed by atoms with van der Waals surface area (Å²) in [5, 5.41) is 4.26. The summed E-state index contributed by atoms with van der Waals surface area (Å²) in [5.41, 5.74) is 9.01. The standard InChI is InChI=1S/C12H14BrN3/c1-9-2-3-10(6-12(9)13)11-7-15-16(8-11)5-4-14/h2-3,6-8H,4-5,14H2,1H3. The van der Waals surface area contributed by atoms with Gasteiger partial charge >= 0.3 is 0 Å². The minimum Gasteiger partial charge on any atom is -0.329 e. The lowest BCUT2D eigenvalue weighted by Gasteiger charge is -2.01. The van der Waals surface area contributed by atoms with Gasteiger partial charge in [0.1, 0.15) is 0 Å². The highest BCUT2D eigenvalue weighted by Gasteiger charge is 2.03. The van der Waals surface area contributed by atoms with Crippen molar-refractivity contribution >= 4 is 15.9 Å². The lowest BCUT2D eigenvalue weighted by Crippen LogP contribution is -2.09. The first-order valence-corrected chi connectivity index (χ1v) is 5.99. The lowest BCUT2D eigenvalue weighted by molar-refractivity contribution is 0.625. The fourth-order valence-electron chi connectivity index (χ4n) is 1.54. The van der Waals surface area contributed by atoms with E-state index in [4.69, 9.17) is 5.73 Å². The van der Waals surface area contributed by atoms with Gasteiger partial charge in [-0.2, -0.15) is 5.10 Å². The van der Waals surface area contributed by atoms with E-state index >= 15 is 0 Å². The van der Waals surface area contributed by atoms with Gasteiger partial charge in [0, 0.05) is 22.8 Å². The third kappa shape index (κ3) is 2.33. The first-order valence-electron chi connectivity index (χ1n) is 5.20. The molecule has 0 aliphatic carbocycles. The van der Waals surface area contributed by atoms with E-state index in [1.807, 2.05) is 17.1 Å². The summed E-state index contributed by atoms with van der Waals surface area (Å²) < 4.78 is 2.99. The number of aryl methyl sites for hydroxylation is 1. The van der Waals surface area contributed by atoms with Crippen molar-refractivity contribution in [1.82, 2.24) is 9.78 Å². The van der Waals surface area contributed by atoms with E-state index in [9.17, 15) is 0 Å². The van der Waals surface area contributed by atoms with Crippen molar-refractivity contribution in [2.24, 2.45) is 5.73 Å². The summed E-state index contributed by atoms with van der Waals surface area (Å²) in [6.07, 6.45) is 3.89. The molecule has 2 aromatic rings. The molecular formula is C12H14BrN3. The molecule has 0 amide bonds. The van der Waals surface area contributed by atoms with Crippen LogP contribution in [0.2, 0.25) is 0 Å². The van der Waals surface area contributed by atoms with E-state index < -0.39 is 0 Å². The van der Waals surface area contributed by atoms with Gasteiger partial charge in [0.25, 0.3) is 0 Å². The molecule has 0 aliphatic heterocycles. The summed E-state index contributed by atoms with van der Waals surface area (Å²) >= 11 is 3.53. The van der Waals surface area contributed by atoms with Gasteiger partial charge in [0.05, 0.1) is 12.7 Å². The van der Waals surface area contributed by atoms with Crippen LogP contribution in [0.1, 0.15) is 5.56 Å². The summed E-state index contributed by atoms with van der Waals surface area (Å²) in [7, 11) is 0. The molecule has 0 spiro atoms. The molecule has 1 aromatic heterocycles. The van der Waals surface area contributed by atoms with Gasteiger partial charge in [-0.15, -0.1) is 0 Å². The highest BCUT2D eigenvalue weighted by Crippen LogP contribution is 2.25. The zero-order valence-electron chi connectivity index (χ0n) is 9.15. The number of rotatable bonds is 3. The Labute approximate surface area is 103 Å². The van der Waals surface area contributed by atoms with Crippen molar-refractivity contribution in [3.05, 3.63) is 40.6 Å². The zero-order chi connectivity index (χ0) is 11.5. The molecule has 1 aromatic carbocycles. The van der Waals surface area contributed by atoms with Gasteiger partial charge in [0.15, 0.2) is 0 Å². The first-order chi connectivity index (χ1) is 7.70. The van der Waals surface area contributed by atoms with Crippen molar-refractivity contribution in [2.75, 3.05) is 6.54 Å². The van der Waals surface area contributed by atoms with E-state index in [2.05, 4.69) is 46.2 Å². The molecule has 1 heterocycles. The maximum Gasteiger partial charge on any atom is 0.0568 e. The molecule has 4 heteroatoms. The monoisotopic (exact) mass is 279 g/mol. The van der Waals surface area contributed by atoms with Crippen molar-refractivity contribution in [1.29, 1.82) is 0 Å². The normalized spacial score (nSPS) is 10.7. The number of nitrogens with two attached hydrogens (primary N) is 1. The van der Waals surface area contributed by atoms with Gasteiger partial charge in [-0.25, -0.2) is 0 Å². The van der Waals surface area contributed by atoms with Crippen LogP contribution in [0, 0.1) is 6.92 Å². The Morgan fingerprint density at radius 3 is 2.88 bits per heavy atom. The maximum atomic E-state index is 5.48. The molecule has 84 valence electrons. The molecule has 0 aliphatic rings. The van der Waals surface area contributed by atoms with E-state index in [-0.39, 0.29) is 0 Å². The predicted molar refractivity (Wildman–Crippen MR) is 69.2 cm³/mol. The molecule has 2 rings (SSSR count). The number of nitrogens with zero attached hydrogens (tertiary/aromatic N) is 2. The third-order valence-corrected chi connectivity index (χ3v) is 3.35. The fraction of sp³-hybridized carbons (Fsp3) is 0.250. The molecule has 16 heavy (non-hydrogen) atoms. The van der Waals surface area contributed by atoms with Gasteiger partial charge < -0.3 is 5.73 Å². The second kappa shape index (κ2) is 4.80. The Kier molecular flexibility index (Phi) is 3.41. The Morgan fingerprint density at radius 2 is 2.19 bits per heavy atom. The van der Waals surface area contributed by atoms with Crippen molar-refractivity contribution in [2.45, 2.75) is 13.5 Å². The summed E-state index contributed by atoms with van der Waals surface area (Å²) in [5.74, 6) is 0. The largest absolute Gasteiger partial charge is 0.329 e. The SMILES string of the molecule is Cc1ccc(-c2cnn(CCN)c2)cc1Br. The topological polar surface area (TPSA) is 43.8 Å². The van der Waals surface area contributed by atoms with E-state index in [1.54, 1.807) is 0 Å². The molecule has 0 saturated heterocycles. The van der Waals surface area contributed by atoms with Crippen molar-refractivity contribution in [3.63, 3.8) is 0 Å². The molecule has 0 radical (unpaired) electrons. The zero-order valence-corrected chi connectivity index (χ0v) is 10.7.